The first kappa shape index (κ1) is 25.5. The molecule has 0 unspecified atom stereocenters. The lowest BCUT2D eigenvalue weighted by molar-refractivity contribution is -0.115. The van der Waals surface area contributed by atoms with Crippen molar-refractivity contribution in [3.05, 3.63) is 54.1 Å². The van der Waals surface area contributed by atoms with Gasteiger partial charge in [0.15, 0.2) is 0 Å². The van der Waals surface area contributed by atoms with Crippen molar-refractivity contribution in [1.82, 2.24) is 9.29 Å². The third-order valence-corrected chi connectivity index (χ3v) is 8.95. The first-order chi connectivity index (χ1) is 16.9. The number of benzene rings is 2. The molecule has 35 heavy (non-hydrogen) atoms. The number of nitrogens with one attached hydrogen (secondary N) is 1. The highest BCUT2D eigenvalue weighted by molar-refractivity contribution is 7.99. The number of sulfonamides is 1. The van der Waals surface area contributed by atoms with E-state index in [0.29, 0.717) is 31.0 Å². The minimum Gasteiger partial charge on any atom is -0.494 e. The van der Waals surface area contributed by atoms with Crippen LogP contribution in [0.25, 0.3) is 10.9 Å². The molecule has 1 fully saturated rings. The Balaban J connectivity index is 1.33. The van der Waals surface area contributed by atoms with Crippen molar-refractivity contribution < 1.29 is 17.9 Å². The number of aromatic nitrogens is 1. The molecule has 186 valence electrons. The van der Waals surface area contributed by atoms with E-state index in [2.05, 4.69) is 5.32 Å². The number of methoxy groups -OCH3 is 1. The number of hydrogen-bond acceptors (Lipinski definition) is 6. The van der Waals surface area contributed by atoms with Crippen LogP contribution in [-0.4, -0.2) is 49.6 Å². The first-order valence-corrected chi connectivity index (χ1v) is 14.3. The Morgan fingerprint density at radius 2 is 1.80 bits per heavy atom. The van der Waals surface area contributed by atoms with E-state index < -0.39 is 10.0 Å². The smallest absolute Gasteiger partial charge is 0.243 e. The van der Waals surface area contributed by atoms with Gasteiger partial charge >= 0.3 is 0 Å². The van der Waals surface area contributed by atoms with Gasteiger partial charge in [0.05, 0.1) is 17.0 Å². The van der Waals surface area contributed by atoms with Crippen LogP contribution < -0.4 is 10.1 Å². The number of pyridine rings is 1. The lowest BCUT2D eigenvalue weighted by Gasteiger charge is -2.20. The summed E-state index contributed by atoms with van der Waals surface area (Å²) in [6.45, 7) is 3.17. The second-order valence-corrected chi connectivity index (χ2v) is 11.7. The number of hydrogen-bond donors (Lipinski definition) is 1. The fraction of sp³-hybridized carbons (Fsp3) is 0.385. The van der Waals surface area contributed by atoms with E-state index in [1.807, 2.05) is 31.2 Å². The summed E-state index contributed by atoms with van der Waals surface area (Å²) in [6, 6.07) is 14.3. The summed E-state index contributed by atoms with van der Waals surface area (Å²) < 4.78 is 32.8. The summed E-state index contributed by atoms with van der Waals surface area (Å²) >= 11 is 1.52. The molecule has 1 amide bonds. The average Bonchev–Trinajstić information content (AvgIpc) is 3.14. The van der Waals surface area contributed by atoms with Gasteiger partial charge in [-0.2, -0.15) is 4.31 Å². The number of aryl methyl sites for hydroxylation is 1. The van der Waals surface area contributed by atoms with Gasteiger partial charge in [0.1, 0.15) is 11.3 Å². The van der Waals surface area contributed by atoms with Crippen molar-refractivity contribution in [1.29, 1.82) is 0 Å². The third kappa shape index (κ3) is 6.15. The van der Waals surface area contributed by atoms with E-state index >= 15 is 0 Å². The van der Waals surface area contributed by atoms with Crippen molar-refractivity contribution in [2.24, 2.45) is 0 Å². The Labute approximate surface area is 211 Å². The molecule has 3 aromatic rings. The molecule has 0 spiro atoms. The van der Waals surface area contributed by atoms with Crippen molar-refractivity contribution in [3.63, 3.8) is 0 Å². The van der Waals surface area contributed by atoms with Gasteiger partial charge in [-0.25, -0.2) is 13.4 Å². The maximum absolute atomic E-state index is 12.9. The summed E-state index contributed by atoms with van der Waals surface area (Å²) in [4.78, 5) is 17.4. The number of thioether (sulfide) groups is 1. The predicted molar refractivity (Wildman–Crippen MR) is 141 cm³/mol. The van der Waals surface area contributed by atoms with Crippen LogP contribution in [0.5, 0.6) is 5.75 Å². The van der Waals surface area contributed by atoms with E-state index in [4.69, 9.17) is 9.72 Å². The highest BCUT2D eigenvalue weighted by Crippen LogP contribution is 2.30. The van der Waals surface area contributed by atoms with E-state index in [1.54, 1.807) is 35.7 Å². The van der Waals surface area contributed by atoms with Crippen LogP contribution in [0, 0.1) is 6.92 Å². The van der Waals surface area contributed by atoms with Crippen LogP contribution in [-0.2, 0) is 14.8 Å². The number of carbonyl (C=O) groups excluding carboxylic acids is 1. The Bertz CT molecular complexity index is 1290. The van der Waals surface area contributed by atoms with Crippen LogP contribution in [0.2, 0.25) is 0 Å². The van der Waals surface area contributed by atoms with E-state index in [-0.39, 0.29) is 10.8 Å². The standard InChI is InChI=1S/C26H31N3O4S2/c1-19-18-25(28-26-22(19)8-7-9-23(26)33-2)34-17-14-24(30)27-20-10-12-21(13-11-20)35(31,32)29-15-5-3-4-6-16-29/h7-13,18H,3-6,14-17H2,1-2H3,(H,27,30). The minimum absolute atomic E-state index is 0.129. The highest BCUT2D eigenvalue weighted by Gasteiger charge is 2.25. The molecule has 2 aromatic carbocycles. The molecule has 0 atom stereocenters. The van der Waals surface area contributed by atoms with Crippen molar-refractivity contribution in [2.45, 2.75) is 48.9 Å². The fourth-order valence-electron chi connectivity index (χ4n) is 4.21. The Morgan fingerprint density at radius 1 is 1.09 bits per heavy atom. The van der Waals surface area contributed by atoms with Crippen molar-refractivity contribution in [2.75, 3.05) is 31.3 Å². The molecular weight excluding hydrogens is 482 g/mol. The summed E-state index contributed by atoms with van der Waals surface area (Å²) in [5.41, 5.74) is 2.51. The number of carbonyl (C=O) groups is 1. The molecule has 2 heterocycles. The number of fused-ring (bicyclic) bond motifs is 1. The molecule has 0 aliphatic carbocycles. The normalized spacial score (nSPS) is 15.0. The van der Waals surface area contributed by atoms with Crippen molar-refractivity contribution in [3.8, 4) is 5.75 Å². The molecular formula is C26H31N3O4S2. The van der Waals surface area contributed by atoms with Gasteiger partial charge in [0.25, 0.3) is 0 Å². The van der Waals surface area contributed by atoms with Crippen LogP contribution >= 0.6 is 11.8 Å². The SMILES string of the molecule is COc1cccc2c(C)cc(SCCC(=O)Nc3ccc(S(=O)(=O)N4CCCCCC4)cc3)nc12. The predicted octanol–water partition coefficient (Wildman–Crippen LogP) is 5.24. The molecule has 1 N–H and O–H groups in total. The number of rotatable bonds is 8. The molecule has 4 rings (SSSR count). The maximum atomic E-state index is 12.9. The van der Waals surface area contributed by atoms with Crippen LogP contribution in [0.4, 0.5) is 5.69 Å². The van der Waals surface area contributed by atoms with Gasteiger partial charge in [-0.1, -0.05) is 25.0 Å². The molecule has 1 aliphatic heterocycles. The first-order valence-electron chi connectivity index (χ1n) is 11.9. The third-order valence-electron chi connectivity index (χ3n) is 6.13. The minimum atomic E-state index is -3.50. The van der Waals surface area contributed by atoms with Crippen LogP contribution in [0.1, 0.15) is 37.7 Å². The molecule has 1 aromatic heterocycles. The number of amides is 1. The maximum Gasteiger partial charge on any atom is 0.243 e. The molecule has 9 heteroatoms. The van der Waals surface area contributed by atoms with Gasteiger partial charge in [0, 0.05) is 36.3 Å². The van der Waals surface area contributed by atoms with E-state index in [9.17, 15) is 13.2 Å². The summed E-state index contributed by atoms with van der Waals surface area (Å²) in [5.74, 6) is 1.17. The van der Waals surface area contributed by atoms with Gasteiger partial charge < -0.3 is 10.1 Å². The van der Waals surface area contributed by atoms with Crippen LogP contribution in [0.15, 0.2) is 58.5 Å². The Morgan fingerprint density at radius 3 is 2.49 bits per heavy atom. The fourth-order valence-corrected chi connectivity index (χ4v) is 6.64. The summed E-state index contributed by atoms with van der Waals surface area (Å²) in [7, 11) is -1.87. The number of para-hydroxylation sites is 1. The Kier molecular flexibility index (Phi) is 8.30. The average molecular weight is 514 g/mol. The van der Waals surface area contributed by atoms with Gasteiger partial charge in [-0.15, -0.1) is 11.8 Å². The number of nitrogens with zero attached hydrogens (tertiary/aromatic N) is 2. The summed E-state index contributed by atoms with van der Waals surface area (Å²) in [6.07, 6.45) is 4.24. The number of ether oxygens (including phenoxy) is 1. The second-order valence-electron chi connectivity index (χ2n) is 8.62. The lowest BCUT2D eigenvalue weighted by atomic mass is 10.1. The van der Waals surface area contributed by atoms with Gasteiger partial charge in [0.2, 0.25) is 15.9 Å². The quantitative estimate of drug-likeness (QED) is 0.415. The Hall–Kier alpha value is -2.62. The monoisotopic (exact) mass is 513 g/mol. The van der Waals surface area contributed by atoms with E-state index in [1.165, 1.54) is 11.8 Å². The molecule has 1 aliphatic rings. The zero-order valence-corrected chi connectivity index (χ0v) is 21.8. The summed E-state index contributed by atoms with van der Waals surface area (Å²) in [5, 5.41) is 4.75. The number of anilines is 1. The van der Waals surface area contributed by atoms with Gasteiger partial charge in [-0.3, -0.25) is 4.79 Å². The van der Waals surface area contributed by atoms with Gasteiger partial charge in [-0.05, 0) is 61.7 Å². The topological polar surface area (TPSA) is 88.6 Å². The highest BCUT2D eigenvalue weighted by atomic mass is 32.2. The lowest BCUT2D eigenvalue weighted by Crippen LogP contribution is -2.31. The van der Waals surface area contributed by atoms with Crippen LogP contribution in [0.3, 0.4) is 0 Å². The molecule has 0 saturated carbocycles. The van der Waals surface area contributed by atoms with E-state index in [0.717, 1.165) is 52.9 Å². The molecule has 0 bridgehead atoms. The largest absolute Gasteiger partial charge is 0.494 e. The second kappa shape index (κ2) is 11.4. The van der Waals surface area contributed by atoms with Crippen molar-refractivity contribution >= 4 is 44.3 Å². The molecule has 1 saturated heterocycles. The molecule has 0 radical (unpaired) electrons. The zero-order chi connectivity index (χ0) is 24.8. The zero-order valence-electron chi connectivity index (χ0n) is 20.1. The molecule has 7 nitrogen and oxygen atoms in total.